The summed E-state index contributed by atoms with van der Waals surface area (Å²) in [5.74, 6) is -1.47. The molecule has 9 heteroatoms. The van der Waals surface area contributed by atoms with Crippen molar-refractivity contribution in [3.8, 4) is 5.75 Å². The Morgan fingerprint density at radius 3 is 2.54 bits per heavy atom. The fourth-order valence-corrected chi connectivity index (χ4v) is 2.00. The summed E-state index contributed by atoms with van der Waals surface area (Å²) >= 11 is 5.86. The second-order valence-corrected chi connectivity index (χ2v) is 5.52. The van der Waals surface area contributed by atoms with Gasteiger partial charge in [-0.05, 0) is 43.3 Å². The van der Waals surface area contributed by atoms with Gasteiger partial charge in [0.15, 0.2) is 17.9 Å². The third-order valence-electron chi connectivity index (χ3n) is 3.14. The van der Waals surface area contributed by atoms with Crippen LogP contribution in [-0.4, -0.2) is 35.5 Å². The second-order valence-electron chi connectivity index (χ2n) is 5.16. The maximum atomic E-state index is 12.1. The molecule has 26 heavy (non-hydrogen) atoms. The van der Waals surface area contributed by atoms with E-state index in [0.29, 0.717) is 11.4 Å². The molecule has 8 nitrogen and oxygen atoms in total. The summed E-state index contributed by atoms with van der Waals surface area (Å²) in [5, 5.41) is 2.66. The summed E-state index contributed by atoms with van der Waals surface area (Å²) in [5.41, 5.74) is 5.51. The number of carbonyl (C=O) groups is 3. The first kappa shape index (κ1) is 19.2. The Balaban J connectivity index is 1.92. The summed E-state index contributed by atoms with van der Waals surface area (Å²) in [7, 11) is 0. The lowest BCUT2D eigenvalue weighted by molar-refractivity contribution is -0.123. The van der Waals surface area contributed by atoms with Crippen LogP contribution < -0.4 is 15.8 Å². The predicted molar refractivity (Wildman–Crippen MR) is 93.9 cm³/mol. The molecule has 2 aromatic rings. The molecule has 0 unspecified atom stereocenters. The highest BCUT2D eigenvalue weighted by Gasteiger charge is 2.20. The molecule has 0 spiro atoms. The first-order chi connectivity index (χ1) is 12.4. The van der Waals surface area contributed by atoms with E-state index in [1.807, 2.05) is 0 Å². The molecule has 1 aromatic carbocycles. The molecule has 2 rings (SSSR count). The minimum atomic E-state index is -1.05. The number of hydrogen-bond donors (Lipinski definition) is 2. The van der Waals surface area contributed by atoms with Crippen molar-refractivity contribution < 1.29 is 23.9 Å². The van der Waals surface area contributed by atoms with Gasteiger partial charge in [-0.2, -0.15) is 0 Å². The Kier molecular flexibility index (Phi) is 6.51. The number of pyridine rings is 1. The molecular weight excluding hydrogens is 362 g/mol. The molecule has 0 bridgehead atoms. The van der Waals surface area contributed by atoms with E-state index in [0.717, 1.165) is 0 Å². The number of nitrogens with two attached hydrogens (primary N) is 1. The van der Waals surface area contributed by atoms with Crippen LogP contribution in [-0.2, 0) is 14.3 Å². The van der Waals surface area contributed by atoms with Crippen LogP contribution in [0.3, 0.4) is 0 Å². The van der Waals surface area contributed by atoms with Crippen molar-refractivity contribution in [2.45, 2.75) is 13.0 Å². The van der Waals surface area contributed by atoms with Crippen molar-refractivity contribution in [2.75, 3.05) is 11.9 Å². The van der Waals surface area contributed by atoms with Crippen molar-refractivity contribution in [1.29, 1.82) is 0 Å². The zero-order chi connectivity index (χ0) is 19.1. The lowest BCUT2D eigenvalue weighted by Gasteiger charge is -2.14. The molecule has 2 amide bonds. The van der Waals surface area contributed by atoms with Gasteiger partial charge in [0, 0.05) is 6.20 Å². The average Bonchev–Trinajstić information content (AvgIpc) is 2.62. The average molecular weight is 378 g/mol. The SMILES string of the molecule is C[C@H](OC(=O)c1ccc(OCC(N)=O)cc1)C(=O)Nc1cccnc1Cl. The fourth-order valence-electron chi connectivity index (χ4n) is 1.84. The molecule has 136 valence electrons. The van der Waals surface area contributed by atoms with Crippen LogP contribution >= 0.6 is 11.6 Å². The van der Waals surface area contributed by atoms with Crippen molar-refractivity contribution >= 4 is 35.1 Å². The molecule has 0 aliphatic carbocycles. The molecule has 1 aromatic heterocycles. The third-order valence-corrected chi connectivity index (χ3v) is 3.44. The van der Waals surface area contributed by atoms with Crippen LogP contribution in [0, 0.1) is 0 Å². The van der Waals surface area contributed by atoms with Crippen LogP contribution in [0.2, 0.25) is 5.15 Å². The zero-order valence-corrected chi connectivity index (χ0v) is 14.5. The van der Waals surface area contributed by atoms with Gasteiger partial charge in [-0.1, -0.05) is 11.6 Å². The largest absolute Gasteiger partial charge is 0.484 e. The number of nitrogens with zero attached hydrogens (tertiary/aromatic N) is 1. The first-order valence-electron chi connectivity index (χ1n) is 7.50. The van der Waals surface area contributed by atoms with Gasteiger partial charge in [0.05, 0.1) is 11.3 Å². The van der Waals surface area contributed by atoms with E-state index in [-0.39, 0.29) is 17.3 Å². The summed E-state index contributed by atoms with van der Waals surface area (Å²) in [6.45, 7) is 1.17. The Morgan fingerprint density at radius 1 is 1.23 bits per heavy atom. The van der Waals surface area contributed by atoms with E-state index < -0.39 is 23.9 Å². The second kappa shape index (κ2) is 8.82. The molecule has 0 aliphatic heterocycles. The number of rotatable bonds is 7. The minimum absolute atomic E-state index is 0.130. The predicted octanol–water partition coefficient (Wildman–Crippen LogP) is 1.78. The van der Waals surface area contributed by atoms with Crippen molar-refractivity contribution in [3.63, 3.8) is 0 Å². The van der Waals surface area contributed by atoms with Gasteiger partial charge in [0.2, 0.25) is 0 Å². The van der Waals surface area contributed by atoms with Crippen LogP contribution in [0.15, 0.2) is 42.6 Å². The number of esters is 1. The van der Waals surface area contributed by atoms with E-state index in [4.69, 9.17) is 26.8 Å². The normalized spacial score (nSPS) is 11.3. The zero-order valence-electron chi connectivity index (χ0n) is 13.8. The molecule has 0 saturated carbocycles. The molecule has 1 heterocycles. The number of halogens is 1. The van der Waals surface area contributed by atoms with Gasteiger partial charge < -0.3 is 20.5 Å². The lowest BCUT2D eigenvalue weighted by atomic mass is 10.2. The quantitative estimate of drug-likeness (QED) is 0.560. The van der Waals surface area contributed by atoms with Gasteiger partial charge in [0.1, 0.15) is 5.75 Å². The number of hydrogen-bond acceptors (Lipinski definition) is 6. The van der Waals surface area contributed by atoms with Crippen LogP contribution in [0.1, 0.15) is 17.3 Å². The van der Waals surface area contributed by atoms with Gasteiger partial charge in [-0.15, -0.1) is 0 Å². The standard InChI is InChI=1S/C17H16ClN3O5/c1-10(16(23)21-13-3-2-8-20-15(13)18)26-17(24)11-4-6-12(7-5-11)25-9-14(19)22/h2-8,10H,9H2,1H3,(H2,19,22)(H,21,23)/t10-/m0/s1. The molecule has 0 saturated heterocycles. The number of ether oxygens (including phenoxy) is 2. The van der Waals surface area contributed by atoms with E-state index >= 15 is 0 Å². The number of carbonyl (C=O) groups excluding carboxylic acids is 3. The third kappa shape index (κ3) is 5.45. The molecule has 0 aliphatic rings. The lowest BCUT2D eigenvalue weighted by Crippen LogP contribution is -2.30. The highest BCUT2D eigenvalue weighted by atomic mass is 35.5. The number of primary amides is 1. The van der Waals surface area contributed by atoms with E-state index in [1.165, 1.54) is 37.4 Å². The molecule has 1 atom stereocenters. The molecular formula is C17H16ClN3O5. The summed E-state index contributed by atoms with van der Waals surface area (Å²) in [6.07, 6.45) is 0.433. The highest BCUT2D eigenvalue weighted by Crippen LogP contribution is 2.18. The monoisotopic (exact) mass is 377 g/mol. The van der Waals surface area contributed by atoms with E-state index in [2.05, 4.69) is 10.3 Å². The number of aromatic nitrogens is 1. The Bertz CT molecular complexity index is 810. The summed E-state index contributed by atoms with van der Waals surface area (Å²) in [6, 6.07) is 9.05. The van der Waals surface area contributed by atoms with Crippen molar-refractivity contribution in [2.24, 2.45) is 5.73 Å². The Morgan fingerprint density at radius 2 is 1.92 bits per heavy atom. The number of benzene rings is 1. The van der Waals surface area contributed by atoms with Gasteiger partial charge in [-0.25, -0.2) is 9.78 Å². The van der Waals surface area contributed by atoms with Crippen molar-refractivity contribution in [3.05, 3.63) is 53.3 Å². The van der Waals surface area contributed by atoms with Crippen molar-refractivity contribution in [1.82, 2.24) is 4.98 Å². The topological polar surface area (TPSA) is 121 Å². The van der Waals surface area contributed by atoms with Crippen LogP contribution in [0.25, 0.3) is 0 Å². The Labute approximate surface area is 154 Å². The minimum Gasteiger partial charge on any atom is -0.484 e. The van der Waals surface area contributed by atoms with Gasteiger partial charge >= 0.3 is 5.97 Å². The molecule has 3 N–H and O–H groups in total. The summed E-state index contributed by atoms with van der Waals surface area (Å²) in [4.78, 5) is 38.7. The number of anilines is 1. The van der Waals surface area contributed by atoms with Gasteiger partial charge in [0.25, 0.3) is 11.8 Å². The Hall–Kier alpha value is -3.13. The maximum Gasteiger partial charge on any atom is 0.338 e. The first-order valence-corrected chi connectivity index (χ1v) is 7.88. The number of amides is 2. The molecule has 0 radical (unpaired) electrons. The van der Waals surface area contributed by atoms with E-state index in [1.54, 1.807) is 12.1 Å². The van der Waals surface area contributed by atoms with Crippen LogP contribution in [0.4, 0.5) is 5.69 Å². The summed E-state index contributed by atoms with van der Waals surface area (Å²) < 4.78 is 10.2. The van der Waals surface area contributed by atoms with Gasteiger partial charge in [-0.3, -0.25) is 9.59 Å². The fraction of sp³-hybridized carbons (Fsp3) is 0.176. The molecule has 0 fully saturated rings. The maximum absolute atomic E-state index is 12.1. The highest BCUT2D eigenvalue weighted by molar-refractivity contribution is 6.32. The smallest absolute Gasteiger partial charge is 0.338 e. The number of nitrogens with one attached hydrogen (secondary N) is 1. The van der Waals surface area contributed by atoms with Crippen LogP contribution in [0.5, 0.6) is 5.75 Å². The van der Waals surface area contributed by atoms with E-state index in [9.17, 15) is 14.4 Å².